The zero-order valence-electron chi connectivity index (χ0n) is 12.3. The quantitative estimate of drug-likeness (QED) is 0.842. The van der Waals surface area contributed by atoms with Crippen LogP contribution in [0.15, 0.2) is 30.9 Å². The number of nitrogens with zero attached hydrogens (tertiary/aromatic N) is 4. The molecular weight excluding hydrogens is 266 g/mol. The second-order valence-corrected chi connectivity index (χ2v) is 5.65. The predicted molar refractivity (Wildman–Crippen MR) is 78.3 cm³/mol. The molecule has 1 atom stereocenters. The molecule has 0 aliphatic heterocycles. The number of nitrogens with one attached hydrogen (secondary N) is 1. The average Bonchev–Trinajstić information content (AvgIpc) is 3.01. The topological polar surface area (TPSA) is 64.7 Å². The van der Waals surface area contributed by atoms with Crippen molar-refractivity contribution >= 4 is 5.91 Å². The molecule has 1 N–H and O–H groups in total. The van der Waals surface area contributed by atoms with Gasteiger partial charge in [-0.25, -0.2) is 4.98 Å². The Bertz CT molecular complexity index is 585. The highest BCUT2D eigenvalue weighted by atomic mass is 16.1. The summed E-state index contributed by atoms with van der Waals surface area (Å²) in [6, 6.07) is 1.95. The number of carbonyl (C=O) groups excluding carboxylic acids is 1. The molecule has 112 valence electrons. The van der Waals surface area contributed by atoms with Crippen molar-refractivity contribution in [2.24, 2.45) is 13.0 Å². The number of hydrogen-bond donors (Lipinski definition) is 1. The van der Waals surface area contributed by atoms with E-state index in [4.69, 9.17) is 0 Å². The van der Waals surface area contributed by atoms with Gasteiger partial charge in [-0.3, -0.25) is 9.48 Å². The van der Waals surface area contributed by atoms with Gasteiger partial charge in [0.2, 0.25) is 5.91 Å². The summed E-state index contributed by atoms with van der Waals surface area (Å²) in [6.45, 7) is 0.775. The third-order valence-electron chi connectivity index (χ3n) is 3.90. The van der Waals surface area contributed by atoms with E-state index in [2.05, 4.69) is 15.4 Å². The van der Waals surface area contributed by atoms with Crippen LogP contribution in [0.2, 0.25) is 0 Å². The Balaban J connectivity index is 1.51. The summed E-state index contributed by atoms with van der Waals surface area (Å²) in [5, 5.41) is 7.29. The van der Waals surface area contributed by atoms with Crippen molar-refractivity contribution in [3.63, 3.8) is 0 Å². The number of hydrogen-bond acceptors (Lipinski definition) is 3. The molecule has 0 spiro atoms. The fourth-order valence-corrected chi connectivity index (χ4v) is 2.58. The molecule has 0 radical (unpaired) electrons. The molecule has 1 saturated carbocycles. The number of rotatable bonds is 7. The molecule has 3 rings (SSSR count). The van der Waals surface area contributed by atoms with Crippen molar-refractivity contribution in [2.45, 2.75) is 38.3 Å². The first-order chi connectivity index (χ1) is 10.2. The van der Waals surface area contributed by atoms with Crippen molar-refractivity contribution in [2.75, 3.05) is 0 Å². The van der Waals surface area contributed by atoms with Crippen LogP contribution in [0.3, 0.4) is 0 Å². The van der Waals surface area contributed by atoms with Gasteiger partial charge < -0.3 is 9.88 Å². The molecule has 6 nitrogen and oxygen atoms in total. The number of amides is 1. The summed E-state index contributed by atoms with van der Waals surface area (Å²) in [7, 11) is 1.97. The molecule has 0 aromatic carbocycles. The van der Waals surface area contributed by atoms with E-state index in [1.807, 2.05) is 34.8 Å². The summed E-state index contributed by atoms with van der Waals surface area (Å²) >= 11 is 0. The summed E-state index contributed by atoms with van der Waals surface area (Å²) in [5.74, 6) is 1.60. The third kappa shape index (κ3) is 3.51. The van der Waals surface area contributed by atoms with Gasteiger partial charge in [-0.05, 0) is 31.2 Å². The van der Waals surface area contributed by atoms with Crippen LogP contribution in [0, 0.1) is 5.92 Å². The van der Waals surface area contributed by atoms with Crippen LogP contribution in [-0.4, -0.2) is 25.2 Å². The van der Waals surface area contributed by atoms with Gasteiger partial charge in [0.05, 0.1) is 6.04 Å². The lowest BCUT2D eigenvalue weighted by molar-refractivity contribution is -0.122. The Morgan fingerprint density at radius 3 is 2.90 bits per heavy atom. The monoisotopic (exact) mass is 287 g/mol. The first-order valence-corrected chi connectivity index (χ1v) is 7.48. The lowest BCUT2D eigenvalue weighted by Gasteiger charge is -2.18. The van der Waals surface area contributed by atoms with Crippen LogP contribution in [0.1, 0.15) is 37.5 Å². The van der Waals surface area contributed by atoms with Crippen LogP contribution >= 0.6 is 0 Å². The molecule has 1 aliphatic rings. The van der Waals surface area contributed by atoms with Crippen molar-refractivity contribution in [1.29, 1.82) is 0 Å². The van der Waals surface area contributed by atoms with Gasteiger partial charge in [0.15, 0.2) is 0 Å². The number of carbonyl (C=O) groups is 1. The molecule has 2 heterocycles. The maximum absolute atomic E-state index is 12.1. The zero-order chi connectivity index (χ0) is 14.7. The van der Waals surface area contributed by atoms with Gasteiger partial charge in [-0.1, -0.05) is 0 Å². The molecule has 2 aromatic rings. The fraction of sp³-hybridized carbons (Fsp3) is 0.533. The van der Waals surface area contributed by atoms with E-state index in [-0.39, 0.29) is 11.9 Å². The van der Waals surface area contributed by atoms with Gasteiger partial charge in [-0.2, -0.15) is 5.10 Å². The summed E-state index contributed by atoms with van der Waals surface area (Å²) in [6.07, 6.45) is 11.0. The molecule has 21 heavy (non-hydrogen) atoms. The molecule has 1 fully saturated rings. The lowest BCUT2D eigenvalue weighted by Crippen LogP contribution is -2.31. The number of aromatic nitrogens is 4. The molecule has 0 bridgehead atoms. The third-order valence-corrected chi connectivity index (χ3v) is 3.90. The average molecular weight is 287 g/mol. The first-order valence-electron chi connectivity index (χ1n) is 7.48. The van der Waals surface area contributed by atoms with Crippen LogP contribution < -0.4 is 5.32 Å². The lowest BCUT2D eigenvalue weighted by atomic mass is 10.1. The molecule has 0 saturated heterocycles. The van der Waals surface area contributed by atoms with E-state index in [0.717, 1.165) is 18.8 Å². The van der Waals surface area contributed by atoms with Crippen LogP contribution in [0.4, 0.5) is 0 Å². The minimum atomic E-state index is 0.0576. The van der Waals surface area contributed by atoms with Gasteiger partial charge in [0, 0.05) is 44.8 Å². The summed E-state index contributed by atoms with van der Waals surface area (Å²) < 4.78 is 3.84. The molecule has 1 amide bonds. The summed E-state index contributed by atoms with van der Waals surface area (Å²) in [5.41, 5.74) is 0. The normalized spacial score (nSPS) is 15.9. The van der Waals surface area contributed by atoms with E-state index >= 15 is 0 Å². The van der Waals surface area contributed by atoms with E-state index in [9.17, 15) is 4.79 Å². The van der Waals surface area contributed by atoms with E-state index in [1.54, 1.807) is 12.4 Å². The van der Waals surface area contributed by atoms with E-state index < -0.39 is 0 Å². The molecule has 2 aromatic heterocycles. The standard InChI is InChI=1S/C15H21N5O/c1-19-11-8-16-15(19)14(12-5-6-12)18-13(21)4-2-9-20-10-3-7-17-20/h3,7-8,10-12,14H,2,4-6,9H2,1H3,(H,18,21)/t14-/m0/s1. The van der Waals surface area contributed by atoms with Gasteiger partial charge in [-0.15, -0.1) is 0 Å². The zero-order valence-corrected chi connectivity index (χ0v) is 12.3. The van der Waals surface area contributed by atoms with Crippen molar-refractivity contribution in [3.8, 4) is 0 Å². The van der Waals surface area contributed by atoms with Crippen LogP contribution in [-0.2, 0) is 18.4 Å². The van der Waals surface area contributed by atoms with Crippen molar-refractivity contribution in [3.05, 3.63) is 36.7 Å². The minimum absolute atomic E-state index is 0.0576. The van der Waals surface area contributed by atoms with Crippen molar-refractivity contribution in [1.82, 2.24) is 24.6 Å². The van der Waals surface area contributed by atoms with Crippen LogP contribution in [0.5, 0.6) is 0 Å². The first kappa shape index (κ1) is 13.9. The SMILES string of the molecule is Cn1ccnc1[C@@H](NC(=O)CCCn1cccn1)C1CC1. The predicted octanol–water partition coefficient (Wildman–Crippen LogP) is 1.66. The smallest absolute Gasteiger partial charge is 0.220 e. The second kappa shape index (κ2) is 6.11. The summed E-state index contributed by atoms with van der Waals surface area (Å²) in [4.78, 5) is 16.5. The Morgan fingerprint density at radius 2 is 2.29 bits per heavy atom. The maximum atomic E-state index is 12.1. The minimum Gasteiger partial charge on any atom is -0.346 e. The fourth-order valence-electron chi connectivity index (χ4n) is 2.58. The van der Waals surface area contributed by atoms with E-state index in [0.29, 0.717) is 12.3 Å². The Hall–Kier alpha value is -2.11. The molecule has 6 heteroatoms. The van der Waals surface area contributed by atoms with Gasteiger partial charge in [0.25, 0.3) is 0 Å². The molecule has 0 unspecified atom stereocenters. The second-order valence-electron chi connectivity index (χ2n) is 5.65. The molecule has 1 aliphatic carbocycles. The highest BCUT2D eigenvalue weighted by molar-refractivity contribution is 5.76. The van der Waals surface area contributed by atoms with E-state index in [1.165, 1.54) is 12.8 Å². The maximum Gasteiger partial charge on any atom is 0.220 e. The van der Waals surface area contributed by atoms with Gasteiger partial charge >= 0.3 is 0 Å². The number of imidazole rings is 1. The molecular formula is C15H21N5O. The van der Waals surface area contributed by atoms with Gasteiger partial charge in [0.1, 0.15) is 5.82 Å². The van der Waals surface area contributed by atoms with Crippen molar-refractivity contribution < 1.29 is 4.79 Å². The largest absolute Gasteiger partial charge is 0.346 e. The van der Waals surface area contributed by atoms with Crippen LogP contribution in [0.25, 0.3) is 0 Å². The Morgan fingerprint density at radius 1 is 1.43 bits per heavy atom. The highest BCUT2D eigenvalue weighted by Gasteiger charge is 2.35. The number of aryl methyl sites for hydroxylation is 2. The Kier molecular flexibility index (Phi) is 4.03. The highest BCUT2D eigenvalue weighted by Crippen LogP contribution is 2.40. The Labute approximate surface area is 124 Å².